The minimum atomic E-state index is -4.79. The van der Waals surface area contributed by atoms with Crippen molar-refractivity contribution >= 4 is 19.2 Å². The number of unbranched alkanes of at least 4 members (excludes halogenated alkanes) is 11. The molecule has 4 heterocycles. The molecule has 0 radical (unpaired) electrons. The third-order valence-electron chi connectivity index (χ3n) is 8.82. The second-order valence-corrected chi connectivity index (χ2v) is 14.2. The van der Waals surface area contributed by atoms with E-state index in [-0.39, 0.29) is 24.7 Å². The normalized spacial score (nSPS) is 20.5. The first kappa shape index (κ1) is 40.1. The SMILES string of the molecule is CCCCCCCCCCCCCCOC[C@H](COP(=O)(O)OC[C@@]1(C#N)O[C@@H](c2ccc3c(N)ncnn23)C[C@@H]1O)Oc1cc(C#N)ccn1. The Bertz CT molecular complexity index is 1650. The lowest BCUT2D eigenvalue weighted by atomic mass is 9.99. The Kier molecular flexibility index (Phi) is 16.0. The van der Waals surface area contributed by atoms with Crippen LogP contribution in [-0.4, -0.2) is 73.8 Å². The van der Waals surface area contributed by atoms with Crippen molar-refractivity contribution in [2.24, 2.45) is 0 Å². The van der Waals surface area contributed by atoms with Gasteiger partial charge in [0.1, 0.15) is 42.8 Å². The first-order valence-corrected chi connectivity index (χ1v) is 19.3. The maximum absolute atomic E-state index is 13.0. The van der Waals surface area contributed by atoms with Crippen LogP contribution in [0.4, 0.5) is 5.82 Å². The number of nitrogen functional groups attached to an aromatic ring is 1. The molecule has 0 saturated carbocycles. The molecule has 0 amide bonds. The highest BCUT2D eigenvalue weighted by atomic mass is 31.2. The number of fused-ring (bicyclic) bond motifs is 1. The lowest BCUT2D eigenvalue weighted by Gasteiger charge is -2.26. The topological polar surface area (TPSA) is 220 Å². The molecule has 0 bridgehead atoms. The molecule has 1 aliphatic heterocycles. The molecular formula is C35H50N7O8P. The molecular weight excluding hydrogens is 677 g/mol. The molecule has 278 valence electrons. The number of aliphatic hydroxyl groups is 1. The Hall–Kier alpha value is -3.66. The number of ether oxygens (including phenoxy) is 3. The molecule has 0 aromatic carbocycles. The van der Waals surface area contributed by atoms with Gasteiger partial charge in [-0.3, -0.25) is 9.05 Å². The predicted molar refractivity (Wildman–Crippen MR) is 187 cm³/mol. The van der Waals surface area contributed by atoms with Crippen LogP contribution in [0, 0.1) is 22.7 Å². The summed E-state index contributed by atoms with van der Waals surface area (Å²) in [6.07, 6.45) is 14.3. The Morgan fingerprint density at radius 3 is 2.43 bits per heavy atom. The fraction of sp³-hybridized carbons (Fsp3) is 0.629. The number of nitriles is 2. The first-order chi connectivity index (χ1) is 24.7. The van der Waals surface area contributed by atoms with E-state index in [0.717, 1.165) is 19.3 Å². The number of phosphoric acid groups is 1. The lowest BCUT2D eigenvalue weighted by molar-refractivity contribution is -0.0755. The third kappa shape index (κ3) is 12.2. The summed E-state index contributed by atoms with van der Waals surface area (Å²) in [5.74, 6) is 0.362. The van der Waals surface area contributed by atoms with Gasteiger partial charge in [-0.15, -0.1) is 0 Å². The van der Waals surface area contributed by atoms with E-state index in [2.05, 4.69) is 22.0 Å². The van der Waals surface area contributed by atoms with Crippen LogP contribution in [0.5, 0.6) is 5.88 Å². The number of rotatable bonds is 24. The Labute approximate surface area is 299 Å². The van der Waals surface area contributed by atoms with Gasteiger partial charge in [0.2, 0.25) is 11.5 Å². The summed E-state index contributed by atoms with van der Waals surface area (Å²) in [5, 5.41) is 34.3. The Balaban J connectivity index is 1.24. The molecule has 51 heavy (non-hydrogen) atoms. The third-order valence-corrected chi connectivity index (χ3v) is 9.75. The van der Waals surface area contributed by atoms with Crippen LogP contribution in [0.1, 0.15) is 108 Å². The molecule has 3 aromatic rings. The van der Waals surface area contributed by atoms with E-state index < -0.39 is 44.9 Å². The van der Waals surface area contributed by atoms with E-state index >= 15 is 0 Å². The van der Waals surface area contributed by atoms with Crippen molar-refractivity contribution in [3.05, 3.63) is 48.0 Å². The molecule has 5 atom stereocenters. The summed E-state index contributed by atoms with van der Waals surface area (Å²) in [4.78, 5) is 18.6. The molecule has 1 aliphatic rings. The summed E-state index contributed by atoms with van der Waals surface area (Å²) in [5.41, 5.74) is 5.31. The molecule has 1 unspecified atom stereocenters. The summed E-state index contributed by atoms with van der Waals surface area (Å²) < 4.78 is 42.6. The number of anilines is 1. The summed E-state index contributed by atoms with van der Waals surface area (Å²) in [6.45, 7) is 1.52. The average Bonchev–Trinajstić information content (AvgIpc) is 3.71. The number of nitrogens with zero attached hydrogens (tertiary/aromatic N) is 6. The van der Waals surface area contributed by atoms with Gasteiger partial charge in [0, 0.05) is 25.3 Å². The van der Waals surface area contributed by atoms with Gasteiger partial charge in [-0.25, -0.2) is 19.0 Å². The predicted octanol–water partition coefficient (Wildman–Crippen LogP) is 5.96. The number of pyridine rings is 1. The number of hydrogen-bond donors (Lipinski definition) is 3. The van der Waals surface area contributed by atoms with Gasteiger partial charge in [-0.05, 0) is 24.6 Å². The highest BCUT2D eigenvalue weighted by Crippen LogP contribution is 2.47. The van der Waals surface area contributed by atoms with Crippen LogP contribution in [0.25, 0.3) is 5.52 Å². The van der Waals surface area contributed by atoms with Gasteiger partial charge < -0.3 is 29.9 Å². The van der Waals surface area contributed by atoms with Crippen LogP contribution >= 0.6 is 7.82 Å². The van der Waals surface area contributed by atoms with Crippen molar-refractivity contribution in [1.82, 2.24) is 19.6 Å². The second kappa shape index (κ2) is 20.4. The van der Waals surface area contributed by atoms with Crippen molar-refractivity contribution in [3.63, 3.8) is 0 Å². The van der Waals surface area contributed by atoms with E-state index in [1.165, 1.54) is 87.0 Å². The van der Waals surface area contributed by atoms with Crippen LogP contribution < -0.4 is 10.5 Å². The fourth-order valence-corrected chi connectivity index (χ4v) is 6.70. The molecule has 3 aromatic heterocycles. The minimum Gasteiger partial charge on any atom is -0.469 e. The monoisotopic (exact) mass is 727 g/mol. The van der Waals surface area contributed by atoms with Gasteiger partial charge in [-0.1, -0.05) is 77.6 Å². The van der Waals surface area contributed by atoms with Gasteiger partial charge in [0.25, 0.3) is 0 Å². The molecule has 16 heteroatoms. The highest BCUT2D eigenvalue weighted by molar-refractivity contribution is 7.47. The lowest BCUT2D eigenvalue weighted by Crippen LogP contribution is -2.42. The largest absolute Gasteiger partial charge is 0.472 e. The number of aliphatic hydroxyl groups excluding tert-OH is 1. The molecule has 4 rings (SSSR count). The van der Waals surface area contributed by atoms with Crippen molar-refractivity contribution in [2.75, 3.05) is 32.2 Å². The first-order valence-electron chi connectivity index (χ1n) is 17.8. The highest BCUT2D eigenvalue weighted by Gasteiger charge is 2.51. The van der Waals surface area contributed by atoms with Crippen LogP contribution in [0.15, 0.2) is 36.8 Å². The van der Waals surface area contributed by atoms with E-state index in [9.17, 15) is 25.1 Å². The quantitative estimate of drug-likeness (QED) is 0.0716. The average molecular weight is 728 g/mol. The Morgan fingerprint density at radius 1 is 1.04 bits per heavy atom. The molecule has 0 spiro atoms. The zero-order chi connectivity index (χ0) is 36.5. The summed E-state index contributed by atoms with van der Waals surface area (Å²) in [6, 6.07) is 10.2. The summed E-state index contributed by atoms with van der Waals surface area (Å²) >= 11 is 0. The Morgan fingerprint density at radius 2 is 1.75 bits per heavy atom. The maximum Gasteiger partial charge on any atom is 0.472 e. The zero-order valence-electron chi connectivity index (χ0n) is 29.3. The van der Waals surface area contributed by atoms with Crippen LogP contribution in [0.2, 0.25) is 0 Å². The minimum absolute atomic E-state index is 0.00919. The number of hydrogen-bond acceptors (Lipinski definition) is 13. The molecule has 15 nitrogen and oxygen atoms in total. The van der Waals surface area contributed by atoms with E-state index in [1.54, 1.807) is 12.1 Å². The van der Waals surface area contributed by atoms with Crippen molar-refractivity contribution in [1.29, 1.82) is 10.5 Å². The van der Waals surface area contributed by atoms with Crippen LogP contribution in [0.3, 0.4) is 0 Å². The molecule has 1 fully saturated rings. The maximum atomic E-state index is 13.0. The number of aromatic nitrogens is 4. The standard InChI is InChI=1S/C35H50N7O8P/c1-2-3-4-5-6-7-8-9-10-11-12-13-18-46-22-28(49-33-19-27(21-36)16-17-39-33)23-47-51(44,45)48-25-35(24-37)32(43)20-31(50-35)29-14-15-30-34(38)40-26-41-42(29)30/h14-17,19,26,28,31-32,43H,2-13,18,20,22-23,25H2,1H3,(H,44,45)(H2,38,40,41)/t28-,31-,32+,35-/m1/s1. The number of nitrogens with two attached hydrogens (primary N) is 1. The smallest absolute Gasteiger partial charge is 0.469 e. The number of phosphoric ester groups is 1. The van der Waals surface area contributed by atoms with E-state index in [1.807, 2.05) is 12.1 Å². The van der Waals surface area contributed by atoms with Gasteiger partial charge >= 0.3 is 7.82 Å². The summed E-state index contributed by atoms with van der Waals surface area (Å²) in [7, 11) is -4.79. The molecule has 0 aliphatic carbocycles. The van der Waals surface area contributed by atoms with Crippen LogP contribution in [-0.2, 0) is 23.1 Å². The van der Waals surface area contributed by atoms with Crippen molar-refractivity contribution < 1.29 is 37.8 Å². The van der Waals surface area contributed by atoms with Crippen molar-refractivity contribution in [2.45, 2.75) is 114 Å². The zero-order valence-corrected chi connectivity index (χ0v) is 30.2. The molecule has 4 N–H and O–H groups in total. The fourth-order valence-electron chi connectivity index (χ4n) is 5.92. The van der Waals surface area contributed by atoms with Gasteiger partial charge in [0.15, 0.2) is 5.82 Å². The van der Waals surface area contributed by atoms with E-state index in [0.29, 0.717) is 23.4 Å². The van der Waals surface area contributed by atoms with Gasteiger partial charge in [-0.2, -0.15) is 15.6 Å². The van der Waals surface area contributed by atoms with E-state index in [4.69, 9.17) is 29.0 Å². The van der Waals surface area contributed by atoms with Gasteiger partial charge in [0.05, 0.1) is 30.5 Å². The second-order valence-electron chi connectivity index (χ2n) is 12.8. The van der Waals surface area contributed by atoms with Crippen molar-refractivity contribution in [3.8, 4) is 18.0 Å². The molecule has 1 saturated heterocycles.